The van der Waals surface area contributed by atoms with Gasteiger partial charge in [-0.05, 0) is 50.6 Å². The second-order valence-corrected chi connectivity index (χ2v) is 6.70. The monoisotopic (exact) mass is 391 g/mol. The van der Waals surface area contributed by atoms with Crippen molar-refractivity contribution in [3.8, 4) is 11.3 Å². The van der Waals surface area contributed by atoms with Gasteiger partial charge in [-0.1, -0.05) is 36.4 Å². The van der Waals surface area contributed by atoms with Crippen molar-refractivity contribution in [1.29, 1.82) is 0 Å². The van der Waals surface area contributed by atoms with Crippen LogP contribution < -0.4 is 5.32 Å². The van der Waals surface area contributed by atoms with Crippen molar-refractivity contribution < 1.29 is 23.5 Å². The molecule has 0 aliphatic rings. The van der Waals surface area contributed by atoms with Gasteiger partial charge in [0.05, 0.1) is 0 Å². The fourth-order valence-corrected chi connectivity index (χ4v) is 2.71. The minimum Gasteiger partial charge on any atom is -0.449 e. The number of ketones is 1. The van der Waals surface area contributed by atoms with Gasteiger partial charge in [0.1, 0.15) is 5.76 Å². The van der Waals surface area contributed by atoms with Crippen LogP contribution in [0.1, 0.15) is 40.3 Å². The fraction of sp³-hybridized carbons (Fsp3) is 0.174. The summed E-state index contributed by atoms with van der Waals surface area (Å²) in [6, 6.07) is 17.3. The van der Waals surface area contributed by atoms with Gasteiger partial charge in [0, 0.05) is 16.8 Å². The molecule has 1 amide bonds. The zero-order valence-corrected chi connectivity index (χ0v) is 16.4. The first kappa shape index (κ1) is 20.1. The van der Waals surface area contributed by atoms with Crippen molar-refractivity contribution in [2.45, 2.75) is 26.9 Å². The average molecular weight is 391 g/mol. The Balaban J connectivity index is 1.63. The molecule has 0 fully saturated rings. The Kier molecular flexibility index (Phi) is 5.93. The van der Waals surface area contributed by atoms with Crippen LogP contribution in [0, 0.1) is 6.92 Å². The minimum atomic E-state index is -0.994. The van der Waals surface area contributed by atoms with Crippen LogP contribution in [-0.4, -0.2) is 23.8 Å². The lowest BCUT2D eigenvalue weighted by molar-refractivity contribution is -0.123. The second kappa shape index (κ2) is 8.56. The van der Waals surface area contributed by atoms with Crippen LogP contribution in [0.3, 0.4) is 0 Å². The van der Waals surface area contributed by atoms with Gasteiger partial charge in [0.2, 0.25) is 5.76 Å². The Bertz CT molecular complexity index is 1050. The zero-order chi connectivity index (χ0) is 21.0. The van der Waals surface area contributed by atoms with Gasteiger partial charge in [-0.3, -0.25) is 9.59 Å². The zero-order valence-electron chi connectivity index (χ0n) is 16.4. The third kappa shape index (κ3) is 4.99. The minimum absolute atomic E-state index is 0.00847. The molecule has 1 heterocycles. The Morgan fingerprint density at radius 2 is 1.72 bits per heavy atom. The third-order valence-electron chi connectivity index (χ3n) is 4.32. The number of Topliss-reactive ketones (excluding diaryl/α,β-unsaturated/α-hetero) is 1. The lowest BCUT2D eigenvalue weighted by Gasteiger charge is -2.13. The van der Waals surface area contributed by atoms with Crippen molar-refractivity contribution in [3.63, 3.8) is 0 Å². The number of rotatable bonds is 6. The number of benzene rings is 2. The molecule has 1 N–H and O–H groups in total. The standard InChI is InChI=1S/C23H21NO5/c1-14-5-4-6-19(13-14)24-22(26)16(3)28-23(27)21-12-11-20(29-21)18-9-7-17(8-10-18)15(2)25/h4-13,16H,1-3H3,(H,24,26)/t16-/m0/s1. The van der Waals surface area contributed by atoms with Gasteiger partial charge in [0.15, 0.2) is 11.9 Å². The van der Waals surface area contributed by atoms with Gasteiger partial charge >= 0.3 is 5.97 Å². The maximum absolute atomic E-state index is 12.3. The van der Waals surface area contributed by atoms with E-state index in [0.717, 1.165) is 11.1 Å². The van der Waals surface area contributed by atoms with Crippen LogP contribution in [0.15, 0.2) is 65.1 Å². The van der Waals surface area contributed by atoms with Crippen molar-refractivity contribution in [3.05, 3.63) is 77.6 Å². The van der Waals surface area contributed by atoms with E-state index in [0.29, 0.717) is 17.0 Å². The molecule has 6 nitrogen and oxygen atoms in total. The summed E-state index contributed by atoms with van der Waals surface area (Å²) in [7, 11) is 0. The second-order valence-electron chi connectivity index (χ2n) is 6.70. The van der Waals surface area contributed by atoms with Gasteiger partial charge in [-0.25, -0.2) is 4.79 Å². The molecular formula is C23H21NO5. The van der Waals surface area contributed by atoms with Gasteiger partial charge in [-0.15, -0.1) is 0 Å². The summed E-state index contributed by atoms with van der Waals surface area (Å²) in [6.07, 6.45) is -0.994. The Hall–Kier alpha value is -3.67. The average Bonchev–Trinajstić information content (AvgIpc) is 3.18. The summed E-state index contributed by atoms with van der Waals surface area (Å²) >= 11 is 0. The summed E-state index contributed by atoms with van der Waals surface area (Å²) in [5.74, 6) is -0.744. The highest BCUT2D eigenvalue weighted by molar-refractivity contribution is 5.97. The van der Waals surface area contributed by atoms with Crippen molar-refractivity contribution in [1.82, 2.24) is 0 Å². The molecular weight excluding hydrogens is 370 g/mol. The van der Waals surface area contributed by atoms with E-state index in [1.54, 1.807) is 36.4 Å². The van der Waals surface area contributed by atoms with E-state index in [4.69, 9.17) is 9.15 Å². The van der Waals surface area contributed by atoms with E-state index in [1.807, 2.05) is 25.1 Å². The topological polar surface area (TPSA) is 85.6 Å². The molecule has 148 valence electrons. The quantitative estimate of drug-likeness (QED) is 0.489. The highest BCUT2D eigenvalue weighted by atomic mass is 16.6. The molecule has 3 aromatic rings. The number of esters is 1. The van der Waals surface area contributed by atoms with Crippen LogP contribution in [0.5, 0.6) is 0 Å². The molecule has 0 saturated carbocycles. The molecule has 0 aliphatic carbocycles. The number of anilines is 1. The molecule has 0 spiro atoms. The first-order valence-corrected chi connectivity index (χ1v) is 9.13. The summed E-state index contributed by atoms with van der Waals surface area (Å²) in [5, 5.41) is 2.71. The smallest absolute Gasteiger partial charge is 0.375 e. The molecule has 0 aliphatic heterocycles. The molecule has 0 saturated heterocycles. The first-order chi connectivity index (χ1) is 13.8. The molecule has 3 rings (SSSR count). The Labute approximate surface area is 168 Å². The first-order valence-electron chi connectivity index (χ1n) is 9.13. The molecule has 6 heteroatoms. The predicted molar refractivity (Wildman–Crippen MR) is 109 cm³/mol. The van der Waals surface area contributed by atoms with Crippen LogP contribution in [0.25, 0.3) is 11.3 Å². The number of hydrogen-bond donors (Lipinski definition) is 1. The summed E-state index contributed by atoms with van der Waals surface area (Å²) in [6.45, 7) is 4.90. The lowest BCUT2D eigenvalue weighted by Crippen LogP contribution is -2.29. The van der Waals surface area contributed by atoms with Crippen molar-refractivity contribution >= 4 is 23.3 Å². The number of carbonyl (C=O) groups excluding carboxylic acids is 3. The molecule has 1 atom stereocenters. The third-order valence-corrected chi connectivity index (χ3v) is 4.32. The number of hydrogen-bond acceptors (Lipinski definition) is 5. The molecule has 2 aromatic carbocycles. The van der Waals surface area contributed by atoms with E-state index >= 15 is 0 Å². The molecule has 1 aromatic heterocycles. The maximum atomic E-state index is 12.3. The van der Waals surface area contributed by atoms with Crippen LogP contribution in [0.2, 0.25) is 0 Å². The van der Waals surface area contributed by atoms with Gasteiger partial charge in [-0.2, -0.15) is 0 Å². The fourth-order valence-electron chi connectivity index (χ4n) is 2.71. The van der Waals surface area contributed by atoms with Crippen LogP contribution in [-0.2, 0) is 9.53 Å². The number of furan rings is 1. The maximum Gasteiger partial charge on any atom is 0.375 e. The van der Waals surface area contributed by atoms with E-state index in [1.165, 1.54) is 19.9 Å². The molecule has 29 heavy (non-hydrogen) atoms. The molecule has 0 unspecified atom stereocenters. The summed E-state index contributed by atoms with van der Waals surface area (Å²) < 4.78 is 10.8. The molecule has 0 bridgehead atoms. The van der Waals surface area contributed by atoms with E-state index in [9.17, 15) is 14.4 Å². The summed E-state index contributed by atoms with van der Waals surface area (Å²) in [4.78, 5) is 35.9. The van der Waals surface area contributed by atoms with Crippen molar-refractivity contribution in [2.75, 3.05) is 5.32 Å². The highest BCUT2D eigenvalue weighted by Crippen LogP contribution is 2.23. The summed E-state index contributed by atoms with van der Waals surface area (Å²) in [5.41, 5.74) is 2.95. The SMILES string of the molecule is CC(=O)c1ccc(-c2ccc(C(=O)O[C@@H](C)C(=O)Nc3cccc(C)c3)o2)cc1. The number of ether oxygens (including phenoxy) is 1. The predicted octanol–water partition coefficient (Wildman–Crippen LogP) is 4.64. The number of aryl methyl sites for hydroxylation is 1. The largest absolute Gasteiger partial charge is 0.449 e. The Morgan fingerprint density at radius 1 is 1.00 bits per heavy atom. The number of carbonyl (C=O) groups is 3. The van der Waals surface area contributed by atoms with Crippen LogP contribution >= 0.6 is 0 Å². The highest BCUT2D eigenvalue weighted by Gasteiger charge is 2.21. The lowest BCUT2D eigenvalue weighted by atomic mass is 10.1. The number of nitrogens with one attached hydrogen (secondary N) is 1. The number of amides is 1. The van der Waals surface area contributed by atoms with Gasteiger partial charge < -0.3 is 14.5 Å². The van der Waals surface area contributed by atoms with Crippen LogP contribution in [0.4, 0.5) is 5.69 Å². The molecule has 0 radical (unpaired) electrons. The van der Waals surface area contributed by atoms with Crippen molar-refractivity contribution in [2.24, 2.45) is 0 Å². The Morgan fingerprint density at radius 3 is 2.38 bits per heavy atom. The van der Waals surface area contributed by atoms with Gasteiger partial charge in [0.25, 0.3) is 5.91 Å². The van der Waals surface area contributed by atoms with E-state index in [2.05, 4.69) is 5.32 Å². The normalized spacial score (nSPS) is 11.6. The van der Waals surface area contributed by atoms with E-state index < -0.39 is 18.0 Å². The van der Waals surface area contributed by atoms with E-state index in [-0.39, 0.29) is 11.5 Å².